The molecular formula is C20H24N2O. The van der Waals surface area contributed by atoms with Crippen LogP contribution in [0.15, 0.2) is 47.5 Å². The molecule has 0 aromatic heterocycles. The summed E-state index contributed by atoms with van der Waals surface area (Å²) in [6.07, 6.45) is 2.61. The fourth-order valence-corrected chi connectivity index (χ4v) is 3.01. The number of rotatable bonds is 4. The van der Waals surface area contributed by atoms with Gasteiger partial charge in [-0.05, 0) is 68.1 Å². The Morgan fingerprint density at radius 1 is 1.04 bits per heavy atom. The number of nitrogens with zero attached hydrogens (tertiary/aromatic N) is 2. The Morgan fingerprint density at radius 3 is 2.35 bits per heavy atom. The van der Waals surface area contributed by atoms with Crippen LogP contribution >= 0.6 is 0 Å². The average molecular weight is 308 g/mol. The molecule has 1 aliphatic rings. The van der Waals surface area contributed by atoms with Crippen molar-refractivity contribution in [1.29, 1.82) is 0 Å². The van der Waals surface area contributed by atoms with Gasteiger partial charge in [-0.2, -0.15) is 0 Å². The number of anilines is 1. The summed E-state index contributed by atoms with van der Waals surface area (Å²) in [6, 6.07) is 14.7. The van der Waals surface area contributed by atoms with Crippen LogP contribution < -0.4 is 9.64 Å². The van der Waals surface area contributed by atoms with Gasteiger partial charge in [-0.25, -0.2) is 0 Å². The molecule has 1 heterocycles. The zero-order valence-corrected chi connectivity index (χ0v) is 14.2. The smallest absolute Gasteiger partial charge is 0.119 e. The molecule has 0 bridgehead atoms. The quantitative estimate of drug-likeness (QED) is 0.762. The molecule has 1 saturated heterocycles. The molecule has 0 saturated carbocycles. The van der Waals surface area contributed by atoms with Crippen molar-refractivity contribution in [3.8, 4) is 5.75 Å². The molecule has 120 valence electrons. The first kappa shape index (κ1) is 15.6. The number of hydrogen-bond donors (Lipinski definition) is 0. The summed E-state index contributed by atoms with van der Waals surface area (Å²) in [5, 5.41) is 0. The zero-order valence-electron chi connectivity index (χ0n) is 14.2. The lowest BCUT2D eigenvalue weighted by Gasteiger charge is -2.17. The summed E-state index contributed by atoms with van der Waals surface area (Å²) in [4.78, 5) is 7.23. The van der Waals surface area contributed by atoms with E-state index in [0.29, 0.717) is 0 Å². The van der Waals surface area contributed by atoms with Crippen LogP contribution in [0.5, 0.6) is 5.75 Å². The van der Waals surface area contributed by atoms with Crippen molar-refractivity contribution in [3.63, 3.8) is 0 Å². The normalized spacial score (nSPS) is 15.1. The first-order valence-electron chi connectivity index (χ1n) is 8.23. The number of aryl methyl sites for hydroxylation is 1. The highest BCUT2D eigenvalue weighted by Gasteiger charge is 2.12. The van der Waals surface area contributed by atoms with Crippen LogP contribution in [0.2, 0.25) is 0 Å². The van der Waals surface area contributed by atoms with E-state index >= 15 is 0 Å². The van der Waals surface area contributed by atoms with Crippen molar-refractivity contribution in [1.82, 2.24) is 0 Å². The monoisotopic (exact) mass is 308 g/mol. The van der Waals surface area contributed by atoms with Crippen molar-refractivity contribution in [2.75, 3.05) is 25.1 Å². The van der Waals surface area contributed by atoms with Crippen LogP contribution in [0.4, 0.5) is 11.4 Å². The van der Waals surface area contributed by atoms with Gasteiger partial charge in [0.2, 0.25) is 0 Å². The van der Waals surface area contributed by atoms with Gasteiger partial charge in [0.15, 0.2) is 0 Å². The third-order valence-electron chi connectivity index (χ3n) is 4.45. The Hall–Kier alpha value is -2.29. The molecule has 0 N–H and O–H groups in total. The molecular weight excluding hydrogens is 284 g/mol. The lowest BCUT2D eigenvalue weighted by atomic mass is 10.1. The third kappa shape index (κ3) is 3.55. The Morgan fingerprint density at radius 2 is 1.74 bits per heavy atom. The molecule has 1 aliphatic heterocycles. The van der Waals surface area contributed by atoms with E-state index in [0.717, 1.165) is 22.7 Å². The predicted octanol–water partition coefficient (Wildman–Crippen LogP) is 4.74. The molecule has 23 heavy (non-hydrogen) atoms. The second-order valence-corrected chi connectivity index (χ2v) is 6.09. The first-order valence-corrected chi connectivity index (χ1v) is 8.23. The molecule has 3 rings (SSSR count). The fraction of sp³-hybridized carbons (Fsp3) is 0.350. The van der Waals surface area contributed by atoms with Crippen LogP contribution in [-0.2, 0) is 0 Å². The zero-order chi connectivity index (χ0) is 16.2. The maximum absolute atomic E-state index is 5.25. The Labute approximate surface area is 138 Å². The molecule has 0 atom stereocenters. The van der Waals surface area contributed by atoms with Crippen LogP contribution in [0.1, 0.15) is 30.9 Å². The SMILES string of the molecule is COc1ccc(/N=C(\C)c2ccc(N3CCCC3)cc2)c(C)c1. The fourth-order valence-electron chi connectivity index (χ4n) is 3.01. The second kappa shape index (κ2) is 6.86. The minimum Gasteiger partial charge on any atom is -0.497 e. The summed E-state index contributed by atoms with van der Waals surface area (Å²) in [7, 11) is 1.69. The molecule has 2 aromatic rings. The minimum atomic E-state index is 0.870. The lowest BCUT2D eigenvalue weighted by Crippen LogP contribution is -2.17. The van der Waals surface area contributed by atoms with Gasteiger partial charge in [0.1, 0.15) is 5.75 Å². The molecule has 0 amide bonds. The second-order valence-electron chi connectivity index (χ2n) is 6.09. The average Bonchev–Trinajstić information content (AvgIpc) is 3.11. The van der Waals surface area contributed by atoms with Crippen molar-refractivity contribution < 1.29 is 4.74 Å². The molecule has 0 spiro atoms. The van der Waals surface area contributed by atoms with Crippen molar-refractivity contribution in [2.45, 2.75) is 26.7 Å². The molecule has 3 heteroatoms. The van der Waals surface area contributed by atoms with Crippen molar-refractivity contribution in [2.24, 2.45) is 4.99 Å². The minimum absolute atomic E-state index is 0.870. The molecule has 0 radical (unpaired) electrons. The van der Waals surface area contributed by atoms with Crippen molar-refractivity contribution in [3.05, 3.63) is 53.6 Å². The maximum Gasteiger partial charge on any atom is 0.119 e. The summed E-state index contributed by atoms with van der Waals surface area (Å²) in [5.74, 6) is 0.870. The molecule has 1 fully saturated rings. The van der Waals surface area contributed by atoms with E-state index in [2.05, 4.69) is 43.0 Å². The van der Waals surface area contributed by atoms with E-state index in [1.807, 2.05) is 18.2 Å². The van der Waals surface area contributed by atoms with E-state index in [4.69, 9.17) is 9.73 Å². The predicted molar refractivity (Wildman–Crippen MR) is 97.5 cm³/mol. The van der Waals surface area contributed by atoms with Crippen molar-refractivity contribution >= 4 is 17.1 Å². The third-order valence-corrected chi connectivity index (χ3v) is 4.45. The Kier molecular flexibility index (Phi) is 4.65. The number of benzene rings is 2. The van der Waals surface area contributed by atoms with Crippen LogP contribution in [0.3, 0.4) is 0 Å². The van der Waals surface area contributed by atoms with E-state index in [1.54, 1.807) is 7.11 Å². The molecule has 3 nitrogen and oxygen atoms in total. The van der Waals surface area contributed by atoms with Gasteiger partial charge in [-0.3, -0.25) is 4.99 Å². The summed E-state index contributed by atoms with van der Waals surface area (Å²) in [5.41, 5.74) is 5.64. The van der Waals surface area contributed by atoms with Gasteiger partial charge < -0.3 is 9.64 Å². The maximum atomic E-state index is 5.25. The molecule has 2 aromatic carbocycles. The summed E-state index contributed by atoms with van der Waals surface area (Å²) >= 11 is 0. The standard InChI is InChI=1S/C20H24N2O/c1-15-14-19(23-3)10-11-20(15)21-16(2)17-6-8-18(9-7-17)22-12-4-5-13-22/h6-11,14H,4-5,12-13H2,1-3H3/b21-16+. The highest BCUT2D eigenvalue weighted by molar-refractivity contribution is 6.00. The lowest BCUT2D eigenvalue weighted by molar-refractivity contribution is 0.414. The van der Waals surface area contributed by atoms with Gasteiger partial charge in [0.25, 0.3) is 0 Å². The van der Waals surface area contributed by atoms with Gasteiger partial charge in [-0.1, -0.05) is 12.1 Å². The van der Waals surface area contributed by atoms with E-state index < -0.39 is 0 Å². The molecule has 0 unspecified atom stereocenters. The van der Waals surface area contributed by atoms with Gasteiger partial charge in [0.05, 0.1) is 12.8 Å². The Balaban J connectivity index is 1.80. The van der Waals surface area contributed by atoms with E-state index in [9.17, 15) is 0 Å². The van der Waals surface area contributed by atoms with E-state index in [-0.39, 0.29) is 0 Å². The Bertz CT molecular complexity index is 698. The highest BCUT2D eigenvalue weighted by atomic mass is 16.5. The summed E-state index contributed by atoms with van der Waals surface area (Å²) in [6.45, 7) is 6.48. The van der Waals surface area contributed by atoms with Crippen LogP contribution in [-0.4, -0.2) is 25.9 Å². The summed E-state index contributed by atoms with van der Waals surface area (Å²) < 4.78 is 5.25. The number of ether oxygens (including phenoxy) is 1. The number of methoxy groups -OCH3 is 1. The van der Waals surface area contributed by atoms with Gasteiger partial charge in [0, 0.05) is 24.5 Å². The number of aliphatic imine (C=N–C) groups is 1. The largest absolute Gasteiger partial charge is 0.497 e. The van der Waals surface area contributed by atoms with Gasteiger partial charge in [-0.15, -0.1) is 0 Å². The topological polar surface area (TPSA) is 24.8 Å². The molecule has 0 aliphatic carbocycles. The van der Waals surface area contributed by atoms with Gasteiger partial charge >= 0.3 is 0 Å². The van der Waals surface area contributed by atoms with Crippen LogP contribution in [0.25, 0.3) is 0 Å². The van der Waals surface area contributed by atoms with Crippen LogP contribution in [0, 0.1) is 6.92 Å². The number of hydrogen-bond acceptors (Lipinski definition) is 3. The first-order chi connectivity index (χ1) is 11.2. The van der Waals surface area contributed by atoms with E-state index in [1.165, 1.54) is 37.2 Å². The highest BCUT2D eigenvalue weighted by Crippen LogP contribution is 2.25.